The molecule has 145 heavy (non-hydrogen) atoms. The summed E-state index contributed by atoms with van der Waals surface area (Å²) in [4.78, 5) is 36.0. The maximum absolute atomic E-state index is 5.42. The topological polar surface area (TPSA) is 97.1 Å². The molecule has 0 unspecified atom stereocenters. The summed E-state index contributed by atoms with van der Waals surface area (Å²) in [6.07, 6.45) is 0. The van der Waals surface area contributed by atoms with E-state index in [1.165, 1.54) is 143 Å². The molecule has 29 rings (SSSR count). The van der Waals surface area contributed by atoms with Crippen LogP contribution in [0.1, 0.15) is 16.7 Å². The average molecular weight is 1930 g/mol. The van der Waals surface area contributed by atoms with Crippen molar-refractivity contribution in [1.29, 1.82) is 0 Å². The third kappa shape index (κ3) is 16.0. The Bertz CT molecular complexity index is 9650. The van der Waals surface area contributed by atoms with E-state index in [0.717, 1.165) is 87.5 Å². The van der Waals surface area contributed by atoms with Crippen LogP contribution in [0.3, 0.4) is 0 Å². The van der Waals surface area contributed by atoms with Crippen molar-refractivity contribution < 1.29 is 0 Å². The Morgan fingerprint density at radius 1 is 0.179 bits per heavy atom. The zero-order valence-electron chi connectivity index (χ0n) is 79.2. The van der Waals surface area contributed by atoms with Gasteiger partial charge in [0.15, 0.2) is 23.3 Å². The van der Waals surface area contributed by atoms with E-state index in [9.17, 15) is 0 Å². The SMILES string of the molecule is Cc1cc(C)c(-n2c3ccccc3c3c4ccccc4sc32)c(C)c1.c1ccc(-c2cc(-c3ccccc3)cc(-c3nc(-c4cc(-c5ccccc5)cc(-c5ccccc5)c4)nc(-n4c5ccccc5c5c6ccccc6sc54)n3)c2)cc1.c1ccc(-c2ccccc2-n2c3ccccc3c3c4ccccc4sc32)cc1.c1ccc(-c2nc(-c3ccccc3)nc(-n3c4ccccc4c4c5ccccc5sc43)n2)cc1. The van der Waals surface area contributed by atoms with Crippen LogP contribution >= 0.6 is 45.3 Å². The van der Waals surface area contributed by atoms with E-state index in [0.29, 0.717) is 35.2 Å². The van der Waals surface area contributed by atoms with Gasteiger partial charge in [-0.15, -0.1) is 45.3 Å². The molecule has 0 saturated carbocycles. The Morgan fingerprint density at radius 2 is 0.414 bits per heavy atom. The third-order valence-electron chi connectivity index (χ3n) is 27.4. The minimum absolute atomic E-state index is 0.579. The highest BCUT2D eigenvalue weighted by Crippen LogP contribution is 2.50. The Balaban J connectivity index is 0.000000105. The number of fused-ring (bicyclic) bond motifs is 20. The van der Waals surface area contributed by atoms with Gasteiger partial charge >= 0.3 is 0 Å². The highest BCUT2D eigenvalue weighted by molar-refractivity contribution is 7.27. The maximum Gasteiger partial charge on any atom is 0.239 e. The molecule has 686 valence electrons. The molecule has 19 aromatic carbocycles. The highest BCUT2D eigenvalue weighted by atomic mass is 32.1. The van der Waals surface area contributed by atoms with Crippen molar-refractivity contribution in [2.75, 3.05) is 0 Å². The third-order valence-corrected chi connectivity index (χ3v) is 32.0. The van der Waals surface area contributed by atoms with Crippen molar-refractivity contribution in [3.05, 3.63) is 496 Å². The molecule has 0 amide bonds. The second-order valence-electron chi connectivity index (χ2n) is 36.5. The molecule has 0 N–H and O–H groups in total. The van der Waals surface area contributed by atoms with Crippen LogP contribution in [-0.2, 0) is 0 Å². The predicted octanol–water partition coefficient (Wildman–Crippen LogP) is 36.3. The lowest BCUT2D eigenvalue weighted by atomic mass is 9.95. The molecule has 0 spiro atoms. The van der Waals surface area contributed by atoms with Crippen LogP contribution in [0.5, 0.6) is 0 Å². The van der Waals surface area contributed by atoms with E-state index in [1.807, 2.05) is 83.3 Å². The van der Waals surface area contributed by atoms with Crippen LogP contribution in [0, 0.1) is 20.8 Å². The number of benzene rings is 19. The Kier molecular flexibility index (Phi) is 22.5. The molecule has 0 bridgehead atoms. The molecule has 10 aromatic heterocycles. The summed E-state index contributed by atoms with van der Waals surface area (Å²) in [7, 11) is 0. The van der Waals surface area contributed by atoms with E-state index in [-0.39, 0.29) is 0 Å². The fraction of sp³-hybridized carbons (Fsp3) is 0.0229. The van der Waals surface area contributed by atoms with Gasteiger partial charge in [0.1, 0.15) is 19.3 Å². The monoisotopic (exact) mass is 1930 g/mol. The summed E-state index contributed by atoms with van der Waals surface area (Å²) in [6.45, 7) is 6.62. The Labute approximate surface area is 852 Å². The Morgan fingerprint density at radius 3 is 0.745 bits per heavy atom. The molecule has 0 radical (unpaired) electrons. The van der Waals surface area contributed by atoms with Crippen LogP contribution in [-0.4, -0.2) is 48.2 Å². The van der Waals surface area contributed by atoms with Gasteiger partial charge in [-0.1, -0.05) is 394 Å². The molecular weight excluding hydrogens is 1840 g/mol. The number of nitrogens with zero attached hydrogens (tertiary/aromatic N) is 10. The van der Waals surface area contributed by atoms with Gasteiger partial charge in [0.05, 0.1) is 33.4 Å². The predicted molar refractivity (Wildman–Crippen MR) is 615 cm³/mol. The summed E-state index contributed by atoms with van der Waals surface area (Å²) in [6, 6.07) is 169. The van der Waals surface area contributed by atoms with Gasteiger partial charge in [0, 0.05) is 111 Å². The van der Waals surface area contributed by atoms with Crippen LogP contribution in [0.15, 0.2) is 479 Å². The fourth-order valence-electron chi connectivity index (χ4n) is 21.0. The zero-order valence-corrected chi connectivity index (χ0v) is 82.5. The van der Waals surface area contributed by atoms with E-state index in [4.69, 9.17) is 29.9 Å². The second kappa shape index (κ2) is 37.4. The van der Waals surface area contributed by atoms with Gasteiger partial charge in [0.2, 0.25) is 11.9 Å². The van der Waals surface area contributed by atoms with E-state index in [1.54, 1.807) is 22.7 Å². The van der Waals surface area contributed by atoms with Crippen LogP contribution in [0.2, 0.25) is 0 Å². The van der Waals surface area contributed by atoms with Gasteiger partial charge in [-0.05, 0) is 173 Å². The summed E-state index contributed by atoms with van der Waals surface area (Å²) in [5.41, 5.74) is 26.4. The van der Waals surface area contributed by atoms with Gasteiger partial charge in [-0.3, -0.25) is 9.13 Å². The number of aryl methyl sites for hydroxylation is 3. The fourth-order valence-corrected chi connectivity index (χ4v) is 25.9. The van der Waals surface area contributed by atoms with E-state index in [2.05, 4.69) is 458 Å². The molecule has 0 atom stereocenters. The number of rotatable bonds is 13. The molecule has 0 fully saturated rings. The molecule has 10 nitrogen and oxygen atoms in total. The lowest BCUT2D eigenvalue weighted by Crippen LogP contribution is -2.06. The molecule has 10 heterocycles. The van der Waals surface area contributed by atoms with Gasteiger partial charge < -0.3 is 9.13 Å². The largest absolute Gasteiger partial charge is 0.300 e. The lowest BCUT2D eigenvalue weighted by Gasteiger charge is -2.14. The van der Waals surface area contributed by atoms with Crippen LogP contribution < -0.4 is 0 Å². The number of thiophene rings is 4. The summed E-state index contributed by atoms with van der Waals surface area (Å²) < 4.78 is 14.5. The van der Waals surface area contributed by atoms with Gasteiger partial charge in [-0.2, -0.15) is 19.9 Å². The van der Waals surface area contributed by atoms with Gasteiger partial charge in [0.25, 0.3) is 0 Å². The van der Waals surface area contributed by atoms with Crippen molar-refractivity contribution >= 4 is 170 Å². The zero-order chi connectivity index (χ0) is 96.5. The van der Waals surface area contributed by atoms with Crippen molar-refractivity contribution in [2.45, 2.75) is 20.8 Å². The average Bonchev–Trinajstić information content (AvgIpc) is 1.57. The maximum atomic E-state index is 5.42. The van der Waals surface area contributed by atoms with Crippen molar-refractivity contribution in [1.82, 2.24) is 48.2 Å². The molecule has 29 aromatic rings. The van der Waals surface area contributed by atoms with Crippen molar-refractivity contribution in [3.63, 3.8) is 0 Å². The molecule has 0 aliphatic carbocycles. The lowest BCUT2D eigenvalue weighted by molar-refractivity contribution is 0.957. The van der Waals surface area contributed by atoms with E-state index < -0.39 is 0 Å². The molecule has 0 saturated heterocycles. The summed E-state index contributed by atoms with van der Waals surface area (Å²) in [5, 5.41) is 15.5. The first-order valence-electron chi connectivity index (χ1n) is 48.7. The summed E-state index contributed by atoms with van der Waals surface area (Å²) >= 11 is 7.32. The van der Waals surface area contributed by atoms with E-state index >= 15 is 0 Å². The summed E-state index contributed by atoms with van der Waals surface area (Å²) in [5.74, 6) is 3.75. The highest BCUT2D eigenvalue weighted by Gasteiger charge is 2.28. The quantitative estimate of drug-likeness (QED) is 0.114. The molecule has 14 heteroatoms. The molecule has 0 aliphatic rings. The minimum atomic E-state index is 0.579. The van der Waals surface area contributed by atoms with Crippen LogP contribution in [0.25, 0.3) is 249 Å². The number of hydrogen-bond donors (Lipinski definition) is 0. The molecular formula is C131H88N10S4. The number of aromatic nitrogens is 10. The van der Waals surface area contributed by atoms with Crippen molar-refractivity contribution in [3.8, 4) is 124 Å². The normalized spacial score (nSPS) is 11.6. The van der Waals surface area contributed by atoms with Crippen molar-refractivity contribution in [2.24, 2.45) is 0 Å². The standard InChI is InChI=1S/C53H34N4S.C29H18N4S.C26H17NS.C23H19NS/c1-5-17-35(18-6-1)39-29-40(36-19-7-2-8-20-36)32-43(31-39)50-54-51(44-33-41(37-21-9-3-10-22-37)30-42(34-44)38-23-11-4-12-24-38)56-53(55-50)57-47-27-15-13-25-45(47)49-46-26-14-16-28-48(46)58-52(49)57;1-3-11-19(12-4-1)26-30-27(20-13-5-2-6-14-20)32-29(31-26)33-23-17-9-7-15-21(23)25-22-16-8-10-18-24(22)34-28(25)33;1-2-10-18(11-3-1)19-12-4-7-15-22(19)27-23-16-8-5-13-20(23)25-21-14-6-9-17-24(21)28-26(25)27;1-14-12-15(2)22(16(3)13-14)24-19-10-6-4-8-17(19)21-18-9-5-7-11-20(18)25-23(21)24/h1-34H;1-18H;1-17H;4-13H,1-3H3. The Hall–Kier alpha value is -17.8. The first-order valence-corrected chi connectivity index (χ1v) is 52.0. The van der Waals surface area contributed by atoms with Gasteiger partial charge in [-0.25, -0.2) is 9.97 Å². The number of para-hydroxylation sites is 5. The molecule has 0 aliphatic heterocycles. The second-order valence-corrected chi connectivity index (χ2v) is 40.6. The minimum Gasteiger partial charge on any atom is -0.300 e. The number of hydrogen-bond acceptors (Lipinski definition) is 10. The first kappa shape index (κ1) is 87.5. The van der Waals surface area contributed by atoms with Crippen LogP contribution in [0.4, 0.5) is 0 Å². The first-order chi connectivity index (χ1) is 71.7. The smallest absolute Gasteiger partial charge is 0.239 e.